The van der Waals surface area contributed by atoms with Gasteiger partial charge in [-0.2, -0.15) is 0 Å². The molecule has 1 aromatic carbocycles. The SMILES string of the molecule is C=Cc1ccccc1OCCCCCCCCCCCCCCCC. The highest BCUT2D eigenvalue weighted by Gasteiger charge is 1.99. The highest BCUT2D eigenvalue weighted by atomic mass is 16.5. The molecule has 0 fully saturated rings. The average Bonchev–Trinajstić information content (AvgIpc) is 2.65. The van der Waals surface area contributed by atoms with Crippen LogP contribution in [0.15, 0.2) is 30.8 Å². The molecule has 0 aliphatic rings. The van der Waals surface area contributed by atoms with Gasteiger partial charge in [-0.25, -0.2) is 0 Å². The van der Waals surface area contributed by atoms with Crippen molar-refractivity contribution >= 4 is 6.08 Å². The zero-order valence-corrected chi connectivity index (χ0v) is 16.6. The maximum Gasteiger partial charge on any atom is 0.126 e. The van der Waals surface area contributed by atoms with Gasteiger partial charge in [-0.15, -0.1) is 0 Å². The Hall–Kier alpha value is -1.24. The normalized spacial score (nSPS) is 10.8. The highest BCUT2D eigenvalue weighted by Crippen LogP contribution is 2.19. The molecule has 0 aromatic heterocycles. The van der Waals surface area contributed by atoms with Crippen molar-refractivity contribution in [1.29, 1.82) is 0 Å². The fraction of sp³-hybridized carbons (Fsp3) is 0.667. The van der Waals surface area contributed by atoms with Gasteiger partial charge in [0.2, 0.25) is 0 Å². The number of ether oxygens (including phenoxy) is 1. The minimum atomic E-state index is 0.822. The first-order valence-electron chi connectivity index (χ1n) is 10.7. The zero-order chi connectivity index (χ0) is 18.0. The van der Waals surface area contributed by atoms with E-state index in [1.165, 1.54) is 83.5 Å². The van der Waals surface area contributed by atoms with Crippen LogP contribution in [0.4, 0.5) is 0 Å². The van der Waals surface area contributed by atoms with E-state index < -0.39 is 0 Å². The van der Waals surface area contributed by atoms with Gasteiger partial charge in [0.05, 0.1) is 6.61 Å². The molecule has 142 valence electrons. The summed E-state index contributed by atoms with van der Waals surface area (Å²) in [6.45, 7) is 6.94. The Balaban J connectivity index is 1.82. The largest absolute Gasteiger partial charge is 0.493 e. The fourth-order valence-electron chi connectivity index (χ4n) is 3.26. The van der Waals surface area contributed by atoms with Crippen molar-refractivity contribution in [3.63, 3.8) is 0 Å². The van der Waals surface area contributed by atoms with E-state index in [1.54, 1.807) is 0 Å². The number of para-hydroxylation sites is 1. The predicted molar refractivity (Wildman–Crippen MR) is 112 cm³/mol. The lowest BCUT2D eigenvalue weighted by Crippen LogP contribution is -1.98. The first-order chi connectivity index (χ1) is 12.4. The molecular formula is C24H40O. The first-order valence-corrected chi connectivity index (χ1v) is 10.7. The molecule has 0 aliphatic carbocycles. The van der Waals surface area contributed by atoms with Gasteiger partial charge in [-0.1, -0.05) is 121 Å². The molecule has 1 heteroatoms. The van der Waals surface area contributed by atoms with E-state index in [2.05, 4.69) is 13.5 Å². The van der Waals surface area contributed by atoms with Gasteiger partial charge < -0.3 is 4.74 Å². The molecule has 0 unspecified atom stereocenters. The Labute approximate surface area is 156 Å². The monoisotopic (exact) mass is 344 g/mol. The smallest absolute Gasteiger partial charge is 0.126 e. The Morgan fingerprint density at radius 3 is 1.72 bits per heavy atom. The van der Waals surface area contributed by atoms with E-state index in [0.29, 0.717) is 0 Å². The third kappa shape index (κ3) is 11.9. The Morgan fingerprint density at radius 2 is 1.20 bits per heavy atom. The highest BCUT2D eigenvalue weighted by molar-refractivity contribution is 5.55. The van der Waals surface area contributed by atoms with Gasteiger partial charge in [0.25, 0.3) is 0 Å². The standard InChI is InChI=1S/C24H40O/c1-3-5-6-7-8-9-10-11-12-13-14-15-16-19-22-25-24-21-18-17-20-23(24)4-2/h4,17-18,20-21H,2-3,5-16,19,22H2,1H3. The predicted octanol–water partition coefficient (Wildman–Crippen LogP) is 8.19. The molecule has 1 rings (SSSR count). The molecule has 0 atom stereocenters. The van der Waals surface area contributed by atoms with Crippen molar-refractivity contribution in [2.45, 2.75) is 96.8 Å². The second-order valence-corrected chi connectivity index (χ2v) is 7.19. The molecule has 0 N–H and O–H groups in total. The number of benzene rings is 1. The van der Waals surface area contributed by atoms with Crippen LogP contribution in [0.1, 0.15) is 102 Å². The number of rotatable bonds is 17. The molecule has 1 aromatic rings. The minimum absolute atomic E-state index is 0.822. The average molecular weight is 345 g/mol. The number of hydrogen-bond donors (Lipinski definition) is 0. The third-order valence-electron chi connectivity index (χ3n) is 4.89. The van der Waals surface area contributed by atoms with Crippen LogP contribution in [-0.2, 0) is 0 Å². The summed E-state index contributed by atoms with van der Waals surface area (Å²) >= 11 is 0. The third-order valence-corrected chi connectivity index (χ3v) is 4.89. The second-order valence-electron chi connectivity index (χ2n) is 7.19. The van der Waals surface area contributed by atoms with E-state index in [9.17, 15) is 0 Å². The van der Waals surface area contributed by atoms with E-state index in [0.717, 1.165) is 24.3 Å². The summed E-state index contributed by atoms with van der Waals surface area (Å²) in [5.74, 6) is 0.965. The van der Waals surface area contributed by atoms with Crippen molar-refractivity contribution in [3.05, 3.63) is 36.4 Å². The van der Waals surface area contributed by atoms with Crippen molar-refractivity contribution in [3.8, 4) is 5.75 Å². The summed E-state index contributed by atoms with van der Waals surface area (Å²) < 4.78 is 5.86. The van der Waals surface area contributed by atoms with Crippen LogP contribution in [0.5, 0.6) is 5.75 Å². The van der Waals surface area contributed by atoms with Crippen molar-refractivity contribution in [2.75, 3.05) is 6.61 Å². The van der Waals surface area contributed by atoms with Crippen LogP contribution >= 0.6 is 0 Å². The number of unbranched alkanes of at least 4 members (excludes halogenated alkanes) is 13. The van der Waals surface area contributed by atoms with Crippen LogP contribution in [-0.4, -0.2) is 6.61 Å². The molecule has 0 saturated carbocycles. The molecule has 0 amide bonds. The maximum absolute atomic E-state index is 5.86. The van der Waals surface area contributed by atoms with E-state index in [-0.39, 0.29) is 0 Å². The minimum Gasteiger partial charge on any atom is -0.493 e. The van der Waals surface area contributed by atoms with E-state index >= 15 is 0 Å². The van der Waals surface area contributed by atoms with Crippen LogP contribution < -0.4 is 4.74 Å². The molecule has 0 aliphatic heterocycles. The van der Waals surface area contributed by atoms with Crippen molar-refractivity contribution in [1.82, 2.24) is 0 Å². The van der Waals surface area contributed by atoms with Gasteiger partial charge in [0.15, 0.2) is 0 Å². The maximum atomic E-state index is 5.86. The van der Waals surface area contributed by atoms with Crippen molar-refractivity contribution < 1.29 is 4.74 Å². The van der Waals surface area contributed by atoms with Crippen LogP contribution in [0.25, 0.3) is 6.08 Å². The summed E-state index contributed by atoms with van der Waals surface area (Å²) in [4.78, 5) is 0. The van der Waals surface area contributed by atoms with Crippen molar-refractivity contribution in [2.24, 2.45) is 0 Å². The summed E-state index contributed by atoms with van der Waals surface area (Å²) in [6.07, 6.45) is 21.3. The molecule has 1 nitrogen and oxygen atoms in total. The van der Waals surface area contributed by atoms with Gasteiger partial charge >= 0.3 is 0 Å². The first kappa shape index (κ1) is 21.8. The molecule has 0 spiro atoms. The lowest BCUT2D eigenvalue weighted by atomic mass is 10.0. The molecule has 0 saturated heterocycles. The summed E-state index contributed by atoms with van der Waals surface area (Å²) in [5, 5.41) is 0. The van der Waals surface area contributed by atoms with Crippen LogP contribution in [0, 0.1) is 0 Å². The quantitative estimate of drug-likeness (QED) is 0.259. The molecule has 0 heterocycles. The molecule has 25 heavy (non-hydrogen) atoms. The Morgan fingerprint density at radius 1 is 0.720 bits per heavy atom. The van der Waals surface area contributed by atoms with Gasteiger partial charge in [0.1, 0.15) is 5.75 Å². The number of hydrogen-bond acceptors (Lipinski definition) is 1. The zero-order valence-electron chi connectivity index (χ0n) is 16.6. The lowest BCUT2D eigenvalue weighted by Gasteiger charge is -2.08. The molecule has 0 bridgehead atoms. The van der Waals surface area contributed by atoms with Crippen LogP contribution in [0.3, 0.4) is 0 Å². The summed E-state index contributed by atoms with van der Waals surface area (Å²) in [7, 11) is 0. The molecular weight excluding hydrogens is 304 g/mol. The lowest BCUT2D eigenvalue weighted by molar-refractivity contribution is 0.303. The summed E-state index contributed by atoms with van der Waals surface area (Å²) in [5.41, 5.74) is 1.09. The summed E-state index contributed by atoms with van der Waals surface area (Å²) in [6, 6.07) is 8.12. The van der Waals surface area contributed by atoms with Gasteiger partial charge in [-0.3, -0.25) is 0 Å². The van der Waals surface area contributed by atoms with E-state index in [4.69, 9.17) is 4.74 Å². The van der Waals surface area contributed by atoms with E-state index in [1.807, 2.05) is 30.3 Å². The molecule has 0 radical (unpaired) electrons. The van der Waals surface area contributed by atoms with Gasteiger partial charge in [0, 0.05) is 5.56 Å². The second kappa shape index (κ2) is 16.2. The Bertz CT molecular complexity index is 424. The van der Waals surface area contributed by atoms with Gasteiger partial charge in [-0.05, 0) is 12.5 Å². The topological polar surface area (TPSA) is 9.23 Å². The van der Waals surface area contributed by atoms with Crippen LogP contribution in [0.2, 0.25) is 0 Å². The Kier molecular flexibility index (Phi) is 14.2. The fourth-order valence-corrected chi connectivity index (χ4v) is 3.26.